The Bertz CT molecular complexity index is 1310. The summed E-state index contributed by atoms with van der Waals surface area (Å²) in [6.07, 6.45) is 5.02. The number of aromatic nitrogens is 2. The van der Waals surface area contributed by atoms with Gasteiger partial charge in [0.1, 0.15) is 29.0 Å². The first-order valence-corrected chi connectivity index (χ1v) is 11.6. The van der Waals surface area contributed by atoms with E-state index >= 15 is 0 Å². The second-order valence-electron chi connectivity index (χ2n) is 8.51. The molecule has 8 heteroatoms. The van der Waals surface area contributed by atoms with E-state index in [1.54, 1.807) is 31.4 Å². The van der Waals surface area contributed by atoms with E-state index in [0.717, 1.165) is 41.9 Å². The third-order valence-corrected chi connectivity index (χ3v) is 6.22. The molecule has 3 heterocycles. The predicted octanol–water partition coefficient (Wildman–Crippen LogP) is 5.31. The van der Waals surface area contributed by atoms with Gasteiger partial charge in [-0.2, -0.15) is 0 Å². The Morgan fingerprint density at radius 3 is 2.69 bits per heavy atom. The third-order valence-electron chi connectivity index (χ3n) is 6.22. The number of piperidine rings is 1. The summed E-state index contributed by atoms with van der Waals surface area (Å²) >= 11 is 0. The Labute approximate surface area is 203 Å². The summed E-state index contributed by atoms with van der Waals surface area (Å²) in [6.45, 7) is 0.603. The minimum atomic E-state index is -0.249. The SMILES string of the molecule is COc1cccc(Cc2cnc([C@@H]3CCCCN3C(=O)c3cc(-c4cccc(OC)c4)no3)o2)c1. The van der Waals surface area contributed by atoms with E-state index in [9.17, 15) is 4.79 Å². The van der Waals surface area contributed by atoms with E-state index in [4.69, 9.17) is 18.4 Å². The molecule has 8 nitrogen and oxygen atoms in total. The molecule has 2 aromatic carbocycles. The van der Waals surface area contributed by atoms with Crippen LogP contribution in [0, 0.1) is 0 Å². The number of carbonyl (C=O) groups is 1. The summed E-state index contributed by atoms with van der Waals surface area (Å²) in [5, 5.41) is 4.11. The molecule has 1 fully saturated rings. The van der Waals surface area contributed by atoms with Gasteiger partial charge in [0, 0.05) is 24.6 Å². The van der Waals surface area contributed by atoms with Crippen molar-refractivity contribution >= 4 is 5.91 Å². The second-order valence-corrected chi connectivity index (χ2v) is 8.51. The van der Waals surface area contributed by atoms with Crippen molar-refractivity contribution in [3.8, 4) is 22.8 Å². The molecule has 1 aliphatic rings. The molecule has 1 atom stereocenters. The van der Waals surface area contributed by atoms with E-state index in [-0.39, 0.29) is 17.7 Å². The molecule has 1 amide bonds. The Balaban J connectivity index is 1.34. The van der Waals surface area contributed by atoms with Gasteiger partial charge in [0.25, 0.3) is 5.91 Å². The van der Waals surface area contributed by atoms with Gasteiger partial charge in [-0.3, -0.25) is 4.79 Å². The fraction of sp³-hybridized carbons (Fsp3) is 0.296. The predicted molar refractivity (Wildman–Crippen MR) is 128 cm³/mol. The van der Waals surface area contributed by atoms with Crippen LogP contribution in [0.2, 0.25) is 0 Å². The number of hydrogen-bond acceptors (Lipinski definition) is 7. The summed E-state index contributed by atoms with van der Waals surface area (Å²) in [5.41, 5.74) is 2.46. The topological polar surface area (TPSA) is 90.8 Å². The molecule has 0 saturated carbocycles. The second kappa shape index (κ2) is 10.0. The van der Waals surface area contributed by atoms with Crippen LogP contribution >= 0.6 is 0 Å². The van der Waals surface area contributed by atoms with Crippen LogP contribution in [0.25, 0.3) is 11.3 Å². The number of likely N-dealkylation sites (tertiary alicyclic amines) is 1. The standard InChI is InChI=1S/C27H27N3O5/c1-32-20-9-5-7-18(13-20)14-22-17-28-26(34-22)24-11-3-4-12-30(24)27(31)25-16-23(29-35-25)19-8-6-10-21(15-19)33-2/h5-10,13,15-17,24H,3-4,11-12,14H2,1-2H3/t24-/m0/s1. The van der Waals surface area contributed by atoms with Gasteiger partial charge in [-0.15, -0.1) is 0 Å². The van der Waals surface area contributed by atoms with Crippen molar-refractivity contribution in [2.75, 3.05) is 20.8 Å². The Hall–Kier alpha value is -4.07. The molecule has 0 unspecified atom stereocenters. The zero-order valence-corrected chi connectivity index (χ0v) is 19.8. The molecule has 4 aromatic rings. The maximum Gasteiger partial charge on any atom is 0.293 e. The van der Waals surface area contributed by atoms with Gasteiger partial charge in [0.15, 0.2) is 0 Å². The van der Waals surface area contributed by atoms with Crippen molar-refractivity contribution in [2.24, 2.45) is 0 Å². The molecule has 0 radical (unpaired) electrons. The van der Waals surface area contributed by atoms with Gasteiger partial charge in [-0.25, -0.2) is 4.98 Å². The van der Waals surface area contributed by atoms with Crippen molar-refractivity contribution in [2.45, 2.75) is 31.7 Å². The first kappa shape index (κ1) is 22.7. The molecule has 2 aromatic heterocycles. The van der Waals surface area contributed by atoms with Gasteiger partial charge < -0.3 is 23.3 Å². The lowest BCUT2D eigenvalue weighted by molar-refractivity contribution is 0.0528. The summed E-state index contributed by atoms with van der Waals surface area (Å²) in [7, 11) is 3.26. The summed E-state index contributed by atoms with van der Waals surface area (Å²) in [5.74, 6) is 2.77. The van der Waals surface area contributed by atoms with E-state index in [1.165, 1.54) is 0 Å². The van der Waals surface area contributed by atoms with E-state index in [2.05, 4.69) is 10.1 Å². The van der Waals surface area contributed by atoms with Crippen molar-refractivity contribution in [1.82, 2.24) is 15.0 Å². The lowest BCUT2D eigenvalue weighted by Crippen LogP contribution is -2.38. The summed E-state index contributed by atoms with van der Waals surface area (Å²) in [4.78, 5) is 19.7. The number of carbonyl (C=O) groups excluding carboxylic acids is 1. The van der Waals surface area contributed by atoms with Crippen LogP contribution < -0.4 is 9.47 Å². The lowest BCUT2D eigenvalue weighted by Gasteiger charge is -2.32. The zero-order valence-electron chi connectivity index (χ0n) is 19.8. The van der Waals surface area contributed by atoms with E-state index < -0.39 is 0 Å². The quantitative estimate of drug-likeness (QED) is 0.359. The van der Waals surface area contributed by atoms with Crippen LogP contribution in [0.5, 0.6) is 11.5 Å². The minimum Gasteiger partial charge on any atom is -0.497 e. The molecule has 0 aliphatic carbocycles. The molecule has 0 bridgehead atoms. The van der Waals surface area contributed by atoms with Gasteiger partial charge in [-0.1, -0.05) is 29.4 Å². The number of methoxy groups -OCH3 is 2. The van der Waals surface area contributed by atoms with Crippen LogP contribution in [0.1, 0.15) is 53.1 Å². The number of rotatable bonds is 7. The fourth-order valence-corrected chi connectivity index (χ4v) is 4.41. The largest absolute Gasteiger partial charge is 0.497 e. The van der Waals surface area contributed by atoms with Crippen molar-refractivity contribution < 1.29 is 23.2 Å². The Morgan fingerprint density at radius 1 is 1.06 bits per heavy atom. The highest BCUT2D eigenvalue weighted by molar-refractivity contribution is 5.92. The molecule has 1 saturated heterocycles. The summed E-state index contributed by atoms with van der Waals surface area (Å²) < 4.78 is 22.2. The smallest absolute Gasteiger partial charge is 0.293 e. The zero-order chi connectivity index (χ0) is 24.2. The van der Waals surface area contributed by atoms with Gasteiger partial charge >= 0.3 is 0 Å². The summed E-state index contributed by atoms with van der Waals surface area (Å²) in [6, 6.07) is 16.7. The van der Waals surface area contributed by atoms with Crippen LogP contribution in [0.4, 0.5) is 0 Å². The van der Waals surface area contributed by atoms with E-state index in [0.29, 0.717) is 30.3 Å². The lowest BCUT2D eigenvalue weighted by atomic mass is 10.0. The number of nitrogens with zero attached hydrogens (tertiary/aromatic N) is 3. The van der Waals surface area contributed by atoms with Crippen LogP contribution in [0.3, 0.4) is 0 Å². The number of ether oxygens (including phenoxy) is 2. The van der Waals surface area contributed by atoms with Crippen LogP contribution in [0.15, 0.2) is 69.7 Å². The Kier molecular flexibility index (Phi) is 6.52. The number of amides is 1. The average Bonchev–Trinajstić information content (AvgIpc) is 3.59. The first-order chi connectivity index (χ1) is 17.1. The maximum absolute atomic E-state index is 13.4. The molecular formula is C27H27N3O5. The first-order valence-electron chi connectivity index (χ1n) is 11.6. The molecular weight excluding hydrogens is 446 g/mol. The highest BCUT2D eigenvalue weighted by Gasteiger charge is 2.34. The Morgan fingerprint density at radius 2 is 1.86 bits per heavy atom. The molecule has 35 heavy (non-hydrogen) atoms. The van der Waals surface area contributed by atoms with Gasteiger partial charge in [0.2, 0.25) is 11.7 Å². The van der Waals surface area contributed by atoms with Crippen LogP contribution in [-0.4, -0.2) is 41.7 Å². The van der Waals surface area contributed by atoms with Crippen molar-refractivity contribution in [1.29, 1.82) is 0 Å². The van der Waals surface area contributed by atoms with Crippen LogP contribution in [-0.2, 0) is 6.42 Å². The molecule has 5 rings (SSSR count). The van der Waals surface area contributed by atoms with Crippen molar-refractivity contribution in [3.63, 3.8) is 0 Å². The van der Waals surface area contributed by atoms with Gasteiger partial charge in [0.05, 0.1) is 20.4 Å². The maximum atomic E-state index is 13.4. The highest BCUT2D eigenvalue weighted by Crippen LogP contribution is 2.33. The highest BCUT2D eigenvalue weighted by atomic mass is 16.5. The average molecular weight is 474 g/mol. The number of oxazole rings is 1. The third kappa shape index (κ3) is 4.91. The minimum absolute atomic E-state index is 0.192. The van der Waals surface area contributed by atoms with Crippen molar-refractivity contribution in [3.05, 3.63) is 83.8 Å². The van der Waals surface area contributed by atoms with Gasteiger partial charge in [-0.05, 0) is 49.1 Å². The normalized spacial score (nSPS) is 15.7. The number of hydrogen-bond donors (Lipinski definition) is 0. The van der Waals surface area contributed by atoms with E-state index in [1.807, 2.05) is 48.5 Å². The molecule has 180 valence electrons. The molecule has 0 N–H and O–H groups in total. The molecule has 0 spiro atoms. The monoisotopic (exact) mass is 473 g/mol. The number of benzene rings is 2. The molecule has 1 aliphatic heterocycles. The fourth-order valence-electron chi connectivity index (χ4n) is 4.41.